The van der Waals surface area contributed by atoms with Gasteiger partial charge in [0.25, 0.3) is 0 Å². The molecule has 7 heteroatoms. The zero-order valence-corrected chi connectivity index (χ0v) is 11.1. The molecule has 0 aromatic heterocycles. The first-order chi connectivity index (χ1) is 9.02. The molecule has 2 aliphatic rings. The molecule has 2 aliphatic heterocycles. The summed E-state index contributed by atoms with van der Waals surface area (Å²) in [6.07, 6.45) is 1.47. The van der Waals surface area contributed by atoms with Gasteiger partial charge in [0.15, 0.2) is 6.04 Å². The van der Waals surface area contributed by atoms with Crippen LogP contribution in [0.2, 0.25) is 0 Å². The molecule has 2 rings (SSSR count). The van der Waals surface area contributed by atoms with Crippen LogP contribution in [0.15, 0.2) is 0 Å². The lowest BCUT2D eigenvalue weighted by Crippen LogP contribution is -2.60. The maximum atomic E-state index is 12.2. The van der Waals surface area contributed by atoms with Crippen LogP contribution in [0.1, 0.15) is 19.8 Å². The van der Waals surface area contributed by atoms with Crippen molar-refractivity contribution in [3.8, 4) is 0 Å². The van der Waals surface area contributed by atoms with E-state index in [0.29, 0.717) is 26.4 Å². The highest BCUT2D eigenvalue weighted by molar-refractivity contribution is 5.83. The van der Waals surface area contributed by atoms with Gasteiger partial charge >= 0.3 is 12.0 Å². The zero-order valence-electron chi connectivity index (χ0n) is 11.1. The lowest BCUT2D eigenvalue weighted by atomic mass is 9.93. The number of hydrogen-bond donors (Lipinski definition) is 2. The maximum Gasteiger partial charge on any atom is 0.328 e. The van der Waals surface area contributed by atoms with Gasteiger partial charge in [-0.2, -0.15) is 0 Å². The summed E-state index contributed by atoms with van der Waals surface area (Å²) in [7, 11) is 0. The molecular weight excluding hydrogens is 252 g/mol. The van der Waals surface area contributed by atoms with Crippen molar-refractivity contribution < 1.29 is 24.2 Å². The number of carbonyl (C=O) groups excluding carboxylic acids is 1. The van der Waals surface area contributed by atoms with E-state index in [-0.39, 0.29) is 18.2 Å². The number of carboxylic acids is 1. The van der Waals surface area contributed by atoms with Gasteiger partial charge in [0.05, 0.1) is 13.2 Å². The molecule has 19 heavy (non-hydrogen) atoms. The van der Waals surface area contributed by atoms with Gasteiger partial charge in [-0.1, -0.05) is 0 Å². The minimum Gasteiger partial charge on any atom is -0.480 e. The van der Waals surface area contributed by atoms with E-state index < -0.39 is 12.0 Å². The number of urea groups is 1. The van der Waals surface area contributed by atoms with Crippen molar-refractivity contribution in [2.24, 2.45) is 0 Å². The van der Waals surface area contributed by atoms with Gasteiger partial charge in [-0.05, 0) is 19.8 Å². The van der Waals surface area contributed by atoms with Gasteiger partial charge in [0, 0.05) is 25.3 Å². The maximum absolute atomic E-state index is 12.2. The fourth-order valence-corrected chi connectivity index (χ4v) is 2.33. The number of amides is 2. The molecule has 2 amide bonds. The second-order valence-corrected chi connectivity index (χ2v) is 5.23. The standard InChI is InChI=1S/C12H20N2O5/c1-12(2-5-18-6-3-12)13-11(17)14-4-7-19-8-9(14)10(15)16/h9H,2-8H2,1H3,(H,13,17)(H,15,16). The van der Waals surface area contributed by atoms with Gasteiger partial charge in [-0.15, -0.1) is 0 Å². The first-order valence-electron chi connectivity index (χ1n) is 6.49. The average molecular weight is 272 g/mol. The Kier molecular flexibility index (Phi) is 4.26. The van der Waals surface area contributed by atoms with E-state index >= 15 is 0 Å². The van der Waals surface area contributed by atoms with Crippen molar-refractivity contribution in [1.82, 2.24) is 10.2 Å². The quantitative estimate of drug-likeness (QED) is 0.741. The summed E-state index contributed by atoms with van der Waals surface area (Å²) in [5, 5.41) is 12.0. The number of nitrogens with zero attached hydrogens (tertiary/aromatic N) is 1. The number of carbonyl (C=O) groups is 2. The van der Waals surface area contributed by atoms with Crippen LogP contribution in [0, 0.1) is 0 Å². The molecule has 0 saturated carbocycles. The molecule has 0 bridgehead atoms. The third-order valence-corrected chi connectivity index (χ3v) is 3.68. The highest BCUT2D eigenvalue weighted by atomic mass is 16.5. The molecule has 0 aromatic carbocycles. The Morgan fingerprint density at radius 2 is 1.95 bits per heavy atom. The second-order valence-electron chi connectivity index (χ2n) is 5.23. The average Bonchev–Trinajstić information content (AvgIpc) is 2.39. The predicted molar refractivity (Wildman–Crippen MR) is 65.9 cm³/mol. The SMILES string of the molecule is CC1(NC(=O)N2CCOCC2C(=O)O)CCOCC1. The Morgan fingerprint density at radius 3 is 2.58 bits per heavy atom. The summed E-state index contributed by atoms with van der Waals surface area (Å²) in [4.78, 5) is 24.7. The highest BCUT2D eigenvalue weighted by Gasteiger charge is 2.36. The van der Waals surface area contributed by atoms with Crippen LogP contribution in [-0.4, -0.2) is 66.6 Å². The van der Waals surface area contributed by atoms with E-state index in [1.54, 1.807) is 0 Å². The van der Waals surface area contributed by atoms with Crippen molar-refractivity contribution in [2.75, 3.05) is 33.0 Å². The molecule has 2 heterocycles. The lowest BCUT2D eigenvalue weighted by molar-refractivity contribution is -0.147. The van der Waals surface area contributed by atoms with E-state index in [4.69, 9.17) is 14.6 Å². The van der Waals surface area contributed by atoms with Crippen molar-refractivity contribution in [3.05, 3.63) is 0 Å². The van der Waals surface area contributed by atoms with Gasteiger partial charge < -0.3 is 24.8 Å². The van der Waals surface area contributed by atoms with Crippen molar-refractivity contribution in [3.63, 3.8) is 0 Å². The minimum atomic E-state index is -1.04. The number of aliphatic carboxylic acids is 1. The fourth-order valence-electron chi connectivity index (χ4n) is 2.33. The summed E-state index contributed by atoms with van der Waals surface area (Å²) >= 11 is 0. The van der Waals surface area contributed by atoms with Crippen LogP contribution in [0.5, 0.6) is 0 Å². The number of ether oxygens (including phenoxy) is 2. The zero-order chi connectivity index (χ0) is 13.9. The van der Waals surface area contributed by atoms with Crippen molar-refractivity contribution >= 4 is 12.0 Å². The lowest BCUT2D eigenvalue weighted by Gasteiger charge is -2.39. The topological polar surface area (TPSA) is 88.1 Å². The molecule has 0 spiro atoms. The molecule has 0 radical (unpaired) electrons. The Morgan fingerprint density at radius 1 is 1.26 bits per heavy atom. The molecule has 1 unspecified atom stereocenters. The number of rotatable bonds is 2. The van der Waals surface area contributed by atoms with Crippen molar-refractivity contribution in [1.29, 1.82) is 0 Å². The third-order valence-electron chi connectivity index (χ3n) is 3.68. The summed E-state index contributed by atoms with van der Waals surface area (Å²) in [6, 6.07) is -1.24. The Bertz CT molecular complexity index is 354. The molecule has 2 fully saturated rings. The molecule has 2 N–H and O–H groups in total. The molecular formula is C12H20N2O5. The molecule has 0 aliphatic carbocycles. The number of hydrogen-bond acceptors (Lipinski definition) is 4. The predicted octanol–water partition coefficient (Wildman–Crippen LogP) is 0.0505. The monoisotopic (exact) mass is 272 g/mol. The van der Waals surface area contributed by atoms with Crippen LogP contribution in [-0.2, 0) is 14.3 Å². The Labute approximate surface area is 111 Å². The van der Waals surface area contributed by atoms with Crippen LogP contribution in [0.3, 0.4) is 0 Å². The molecule has 108 valence electrons. The summed E-state index contributed by atoms with van der Waals surface area (Å²) in [5.41, 5.74) is -0.323. The van der Waals surface area contributed by atoms with Gasteiger partial charge in [-0.25, -0.2) is 9.59 Å². The van der Waals surface area contributed by atoms with Gasteiger partial charge in [0.2, 0.25) is 0 Å². The number of morpholine rings is 1. The number of nitrogens with one attached hydrogen (secondary N) is 1. The van der Waals surface area contributed by atoms with E-state index in [1.807, 2.05) is 6.92 Å². The molecule has 7 nitrogen and oxygen atoms in total. The summed E-state index contributed by atoms with van der Waals surface area (Å²) < 4.78 is 10.4. The van der Waals surface area contributed by atoms with Crippen LogP contribution in [0.4, 0.5) is 4.79 Å². The largest absolute Gasteiger partial charge is 0.480 e. The van der Waals surface area contributed by atoms with Gasteiger partial charge in [-0.3, -0.25) is 0 Å². The highest BCUT2D eigenvalue weighted by Crippen LogP contribution is 2.20. The Hall–Kier alpha value is -1.34. The van der Waals surface area contributed by atoms with Crippen LogP contribution in [0.25, 0.3) is 0 Å². The first-order valence-corrected chi connectivity index (χ1v) is 6.49. The fraction of sp³-hybridized carbons (Fsp3) is 0.833. The van der Waals surface area contributed by atoms with E-state index in [1.165, 1.54) is 4.90 Å². The summed E-state index contributed by atoms with van der Waals surface area (Å²) in [5.74, 6) is -1.04. The minimum absolute atomic E-state index is 0.0442. The van der Waals surface area contributed by atoms with Crippen LogP contribution >= 0.6 is 0 Å². The normalized spacial score (nSPS) is 26.8. The van der Waals surface area contributed by atoms with E-state index in [0.717, 1.165) is 12.8 Å². The smallest absolute Gasteiger partial charge is 0.328 e. The van der Waals surface area contributed by atoms with E-state index in [2.05, 4.69) is 5.32 Å². The number of carboxylic acid groups (broad SMARTS) is 1. The van der Waals surface area contributed by atoms with Gasteiger partial charge in [0.1, 0.15) is 0 Å². The summed E-state index contributed by atoms with van der Waals surface area (Å²) in [6.45, 7) is 3.91. The molecule has 0 aromatic rings. The van der Waals surface area contributed by atoms with Crippen LogP contribution < -0.4 is 5.32 Å². The van der Waals surface area contributed by atoms with Crippen molar-refractivity contribution in [2.45, 2.75) is 31.3 Å². The Balaban J connectivity index is 1.99. The first kappa shape index (κ1) is 14.1. The molecule has 1 atom stereocenters. The second kappa shape index (κ2) is 5.75. The van der Waals surface area contributed by atoms with E-state index in [9.17, 15) is 9.59 Å². The molecule has 2 saturated heterocycles. The third kappa shape index (κ3) is 3.36.